The molecule has 0 atom stereocenters. The first-order valence-electron chi connectivity index (χ1n) is 9.24. The highest BCUT2D eigenvalue weighted by Gasteiger charge is 2.43. The van der Waals surface area contributed by atoms with Gasteiger partial charge in [0.15, 0.2) is 0 Å². The number of ether oxygens (including phenoxy) is 1. The third kappa shape index (κ3) is 3.44. The van der Waals surface area contributed by atoms with Crippen LogP contribution in [0.15, 0.2) is 24.3 Å². The van der Waals surface area contributed by atoms with Crippen molar-refractivity contribution in [3.05, 3.63) is 29.8 Å². The molecule has 0 spiro atoms. The van der Waals surface area contributed by atoms with E-state index in [1.807, 2.05) is 18.2 Å². The molecule has 0 bridgehead atoms. The van der Waals surface area contributed by atoms with Crippen LogP contribution in [-0.4, -0.2) is 30.8 Å². The van der Waals surface area contributed by atoms with E-state index in [0.717, 1.165) is 62.7 Å². The van der Waals surface area contributed by atoms with E-state index in [1.54, 1.807) is 7.11 Å². The maximum atomic E-state index is 13.2. The van der Waals surface area contributed by atoms with E-state index in [0.29, 0.717) is 5.92 Å². The standard InChI is InChI=1S/C20H29NO3/c1-24-18-6-4-5-16(13-18)20(11-2-3-12-20)19(23)21-17-9-7-15(14-22)8-10-17/h4-6,13,15,17,22H,2-3,7-12,14H2,1H3,(H,21,23). The summed E-state index contributed by atoms with van der Waals surface area (Å²) < 4.78 is 5.36. The number of hydrogen-bond acceptors (Lipinski definition) is 3. The molecule has 132 valence electrons. The third-order valence-corrected chi connectivity index (χ3v) is 5.95. The molecule has 2 N–H and O–H groups in total. The minimum Gasteiger partial charge on any atom is -0.497 e. The van der Waals surface area contributed by atoms with Gasteiger partial charge in [0.05, 0.1) is 12.5 Å². The van der Waals surface area contributed by atoms with E-state index in [-0.39, 0.29) is 18.6 Å². The van der Waals surface area contributed by atoms with Crippen LogP contribution in [0.5, 0.6) is 5.75 Å². The third-order valence-electron chi connectivity index (χ3n) is 5.95. The first kappa shape index (κ1) is 17.3. The number of nitrogens with one attached hydrogen (secondary N) is 1. The summed E-state index contributed by atoms with van der Waals surface area (Å²) in [6, 6.07) is 8.25. The maximum Gasteiger partial charge on any atom is 0.230 e. The Hall–Kier alpha value is -1.55. The van der Waals surface area contributed by atoms with E-state index in [9.17, 15) is 9.90 Å². The first-order chi connectivity index (χ1) is 11.7. The Balaban J connectivity index is 1.74. The predicted octanol–water partition coefficient (Wildman–Crippen LogP) is 3.17. The second-order valence-corrected chi connectivity index (χ2v) is 7.39. The van der Waals surface area contributed by atoms with Crippen LogP contribution in [0.1, 0.15) is 56.9 Å². The number of aliphatic hydroxyl groups is 1. The normalized spacial score (nSPS) is 26.1. The molecule has 2 aliphatic carbocycles. The van der Waals surface area contributed by atoms with Crippen molar-refractivity contribution in [1.82, 2.24) is 5.32 Å². The number of aliphatic hydroxyl groups excluding tert-OH is 1. The summed E-state index contributed by atoms with van der Waals surface area (Å²) in [5.41, 5.74) is 0.684. The zero-order chi connectivity index (χ0) is 17.0. The number of methoxy groups -OCH3 is 1. The van der Waals surface area contributed by atoms with Gasteiger partial charge in [0.25, 0.3) is 0 Å². The minimum atomic E-state index is -0.400. The molecule has 3 rings (SSSR count). The van der Waals surface area contributed by atoms with Crippen LogP contribution < -0.4 is 10.1 Å². The summed E-state index contributed by atoms with van der Waals surface area (Å²) in [6.07, 6.45) is 8.00. The summed E-state index contributed by atoms with van der Waals surface area (Å²) in [4.78, 5) is 13.2. The molecular formula is C20H29NO3. The van der Waals surface area contributed by atoms with E-state index in [1.165, 1.54) is 0 Å². The number of carbonyl (C=O) groups is 1. The predicted molar refractivity (Wildman–Crippen MR) is 94.1 cm³/mol. The molecule has 4 heteroatoms. The van der Waals surface area contributed by atoms with Gasteiger partial charge in [-0.15, -0.1) is 0 Å². The molecule has 0 saturated heterocycles. The van der Waals surface area contributed by atoms with E-state index in [2.05, 4.69) is 11.4 Å². The molecule has 1 aromatic rings. The number of amides is 1. The van der Waals surface area contributed by atoms with Crippen molar-refractivity contribution in [1.29, 1.82) is 0 Å². The Bertz CT molecular complexity index is 558. The average molecular weight is 331 g/mol. The molecule has 0 aliphatic heterocycles. The summed E-state index contributed by atoms with van der Waals surface area (Å²) in [5.74, 6) is 1.41. The van der Waals surface area contributed by atoms with Crippen molar-refractivity contribution in [3.8, 4) is 5.75 Å². The fourth-order valence-electron chi connectivity index (χ4n) is 4.36. The zero-order valence-electron chi connectivity index (χ0n) is 14.6. The molecular weight excluding hydrogens is 302 g/mol. The van der Waals surface area contributed by atoms with Crippen molar-refractivity contribution < 1.29 is 14.6 Å². The van der Waals surface area contributed by atoms with Gasteiger partial charge in [-0.05, 0) is 62.1 Å². The largest absolute Gasteiger partial charge is 0.497 e. The summed E-state index contributed by atoms with van der Waals surface area (Å²) in [7, 11) is 1.67. The Labute approximate surface area is 144 Å². The van der Waals surface area contributed by atoms with Crippen molar-refractivity contribution in [2.45, 2.75) is 62.8 Å². The van der Waals surface area contributed by atoms with E-state index in [4.69, 9.17) is 4.74 Å². The van der Waals surface area contributed by atoms with Crippen LogP contribution in [0.2, 0.25) is 0 Å². The SMILES string of the molecule is COc1cccc(C2(C(=O)NC3CCC(CO)CC3)CCCC2)c1. The molecule has 4 nitrogen and oxygen atoms in total. The number of benzene rings is 1. The van der Waals surface area contributed by atoms with Crippen LogP contribution in [0.3, 0.4) is 0 Å². The molecule has 24 heavy (non-hydrogen) atoms. The van der Waals surface area contributed by atoms with Crippen LogP contribution in [-0.2, 0) is 10.2 Å². The maximum absolute atomic E-state index is 13.2. The average Bonchev–Trinajstić information content (AvgIpc) is 3.13. The first-order valence-corrected chi connectivity index (χ1v) is 9.24. The van der Waals surface area contributed by atoms with Gasteiger partial charge in [0.2, 0.25) is 5.91 Å². The second kappa shape index (κ2) is 7.56. The van der Waals surface area contributed by atoms with Crippen molar-refractivity contribution >= 4 is 5.91 Å². The lowest BCUT2D eigenvalue weighted by Crippen LogP contribution is -2.48. The second-order valence-electron chi connectivity index (χ2n) is 7.39. The Morgan fingerprint density at radius 1 is 1.25 bits per heavy atom. The molecule has 0 aromatic heterocycles. The zero-order valence-corrected chi connectivity index (χ0v) is 14.6. The van der Waals surface area contributed by atoms with Crippen LogP contribution in [0.25, 0.3) is 0 Å². The summed E-state index contributed by atoms with van der Waals surface area (Å²) in [5, 5.41) is 12.6. The highest BCUT2D eigenvalue weighted by Crippen LogP contribution is 2.42. The monoisotopic (exact) mass is 331 g/mol. The lowest BCUT2D eigenvalue weighted by Gasteiger charge is -2.33. The lowest BCUT2D eigenvalue weighted by atomic mass is 9.77. The van der Waals surface area contributed by atoms with Gasteiger partial charge in [-0.3, -0.25) is 4.79 Å². The Morgan fingerprint density at radius 2 is 1.96 bits per heavy atom. The van der Waals surface area contributed by atoms with Gasteiger partial charge in [0, 0.05) is 12.6 Å². The highest BCUT2D eigenvalue weighted by atomic mass is 16.5. The van der Waals surface area contributed by atoms with Gasteiger partial charge >= 0.3 is 0 Å². The summed E-state index contributed by atoms with van der Waals surface area (Å²) in [6.45, 7) is 0.272. The van der Waals surface area contributed by atoms with Gasteiger partial charge in [-0.25, -0.2) is 0 Å². The van der Waals surface area contributed by atoms with Gasteiger partial charge in [0.1, 0.15) is 5.75 Å². The highest BCUT2D eigenvalue weighted by molar-refractivity contribution is 5.89. The van der Waals surface area contributed by atoms with Crippen LogP contribution >= 0.6 is 0 Å². The number of rotatable bonds is 5. The van der Waals surface area contributed by atoms with Crippen LogP contribution in [0.4, 0.5) is 0 Å². The van der Waals surface area contributed by atoms with Crippen molar-refractivity contribution in [3.63, 3.8) is 0 Å². The lowest BCUT2D eigenvalue weighted by molar-refractivity contribution is -0.127. The molecule has 2 aliphatic rings. The minimum absolute atomic E-state index is 0.181. The molecule has 0 unspecified atom stereocenters. The summed E-state index contributed by atoms with van der Waals surface area (Å²) >= 11 is 0. The number of hydrogen-bond donors (Lipinski definition) is 2. The quantitative estimate of drug-likeness (QED) is 0.871. The Kier molecular flexibility index (Phi) is 5.44. The molecule has 1 amide bonds. The van der Waals surface area contributed by atoms with Gasteiger partial charge in [-0.1, -0.05) is 25.0 Å². The van der Waals surface area contributed by atoms with Gasteiger partial charge in [-0.2, -0.15) is 0 Å². The van der Waals surface area contributed by atoms with E-state index >= 15 is 0 Å². The molecule has 0 radical (unpaired) electrons. The van der Waals surface area contributed by atoms with Crippen molar-refractivity contribution in [2.24, 2.45) is 5.92 Å². The topological polar surface area (TPSA) is 58.6 Å². The molecule has 0 heterocycles. The van der Waals surface area contributed by atoms with Crippen molar-refractivity contribution in [2.75, 3.05) is 13.7 Å². The smallest absolute Gasteiger partial charge is 0.230 e. The Morgan fingerprint density at radius 3 is 2.58 bits per heavy atom. The van der Waals surface area contributed by atoms with Crippen LogP contribution in [0, 0.1) is 5.92 Å². The molecule has 2 fully saturated rings. The molecule has 1 aromatic carbocycles. The van der Waals surface area contributed by atoms with E-state index < -0.39 is 5.41 Å². The van der Waals surface area contributed by atoms with Gasteiger partial charge < -0.3 is 15.2 Å². The fraction of sp³-hybridized carbons (Fsp3) is 0.650. The number of carbonyl (C=O) groups excluding carboxylic acids is 1. The molecule has 2 saturated carbocycles. The fourth-order valence-corrected chi connectivity index (χ4v) is 4.36.